The number of anilines is 1. The van der Waals surface area contributed by atoms with Crippen molar-refractivity contribution in [2.24, 2.45) is 0 Å². The van der Waals surface area contributed by atoms with Gasteiger partial charge in [0.25, 0.3) is 0 Å². The van der Waals surface area contributed by atoms with Crippen molar-refractivity contribution in [3.8, 4) is 6.07 Å². The molecule has 0 bridgehead atoms. The van der Waals surface area contributed by atoms with E-state index in [0.717, 1.165) is 24.0 Å². The fourth-order valence-corrected chi connectivity index (χ4v) is 2.77. The third kappa shape index (κ3) is 3.59. The van der Waals surface area contributed by atoms with Crippen molar-refractivity contribution in [1.82, 2.24) is 0 Å². The average Bonchev–Trinajstić information content (AvgIpc) is 2.59. The van der Waals surface area contributed by atoms with E-state index >= 15 is 0 Å². The van der Waals surface area contributed by atoms with Crippen molar-refractivity contribution in [2.45, 2.75) is 12.8 Å². The minimum atomic E-state index is 0.560. The summed E-state index contributed by atoms with van der Waals surface area (Å²) in [6, 6.07) is 26.7. The average molecular weight is 298 g/mol. The lowest BCUT2D eigenvalue weighted by Gasteiger charge is -2.11. The highest BCUT2D eigenvalue weighted by molar-refractivity contribution is 5.62. The molecule has 0 saturated heterocycles. The molecule has 0 fully saturated rings. The summed E-state index contributed by atoms with van der Waals surface area (Å²) < 4.78 is 0. The molecule has 0 aliphatic carbocycles. The summed E-state index contributed by atoms with van der Waals surface area (Å²) in [5.74, 6) is 0. The van der Waals surface area contributed by atoms with Crippen LogP contribution in [0.3, 0.4) is 0 Å². The lowest BCUT2D eigenvalue weighted by molar-refractivity contribution is 1.14. The number of nitrogens with two attached hydrogens (primary N) is 1. The van der Waals surface area contributed by atoms with Crippen LogP contribution in [0.15, 0.2) is 72.8 Å². The number of nitriles is 1. The Labute approximate surface area is 136 Å². The summed E-state index contributed by atoms with van der Waals surface area (Å²) in [6.07, 6.45) is 1.54. The molecule has 23 heavy (non-hydrogen) atoms. The highest BCUT2D eigenvalue weighted by Gasteiger charge is 2.09. The van der Waals surface area contributed by atoms with Crippen molar-refractivity contribution < 1.29 is 0 Å². The van der Waals surface area contributed by atoms with Crippen LogP contribution in [-0.2, 0) is 12.8 Å². The lowest BCUT2D eigenvalue weighted by atomic mass is 9.95. The lowest BCUT2D eigenvalue weighted by Crippen LogP contribution is -2.02. The van der Waals surface area contributed by atoms with Crippen LogP contribution >= 0.6 is 0 Å². The molecule has 2 nitrogen and oxygen atoms in total. The second-order valence-corrected chi connectivity index (χ2v) is 5.65. The van der Waals surface area contributed by atoms with Crippen molar-refractivity contribution in [3.63, 3.8) is 0 Å². The maximum Gasteiger partial charge on any atom is 0.101 e. The molecule has 0 saturated carbocycles. The molecular formula is C21H18N2. The first kappa shape index (κ1) is 14.9. The van der Waals surface area contributed by atoms with Gasteiger partial charge in [-0.1, -0.05) is 66.7 Å². The normalized spacial score (nSPS) is 10.2. The summed E-state index contributed by atoms with van der Waals surface area (Å²) >= 11 is 0. The molecule has 0 unspecified atom stereocenters. The Morgan fingerprint density at radius 3 is 1.87 bits per heavy atom. The molecule has 0 aliphatic rings. The van der Waals surface area contributed by atoms with Gasteiger partial charge in [-0.25, -0.2) is 0 Å². The molecular weight excluding hydrogens is 280 g/mol. The molecule has 3 aromatic rings. The second kappa shape index (κ2) is 6.81. The van der Waals surface area contributed by atoms with Gasteiger partial charge >= 0.3 is 0 Å². The smallest absolute Gasteiger partial charge is 0.101 e. The minimum Gasteiger partial charge on any atom is -0.397 e. The van der Waals surface area contributed by atoms with Crippen LogP contribution < -0.4 is 5.73 Å². The number of nitrogens with zero attached hydrogens (tertiary/aromatic N) is 1. The number of rotatable bonds is 4. The van der Waals surface area contributed by atoms with E-state index in [-0.39, 0.29) is 0 Å². The van der Waals surface area contributed by atoms with Crippen molar-refractivity contribution in [1.29, 1.82) is 5.26 Å². The van der Waals surface area contributed by atoms with Crippen LogP contribution in [0.1, 0.15) is 27.8 Å². The first-order chi connectivity index (χ1) is 11.3. The maximum absolute atomic E-state index is 9.37. The Morgan fingerprint density at radius 1 is 0.739 bits per heavy atom. The van der Waals surface area contributed by atoms with Gasteiger partial charge in [0, 0.05) is 0 Å². The summed E-state index contributed by atoms with van der Waals surface area (Å²) in [4.78, 5) is 0. The largest absolute Gasteiger partial charge is 0.397 e. The third-order valence-corrected chi connectivity index (χ3v) is 3.93. The molecule has 3 aromatic carbocycles. The summed E-state index contributed by atoms with van der Waals surface area (Å²) in [6.45, 7) is 0. The van der Waals surface area contributed by atoms with Crippen molar-refractivity contribution in [3.05, 3.63) is 101 Å². The van der Waals surface area contributed by atoms with Gasteiger partial charge in [0.1, 0.15) is 6.07 Å². The van der Waals surface area contributed by atoms with E-state index < -0.39 is 0 Å². The molecule has 0 radical (unpaired) electrons. The van der Waals surface area contributed by atoms with Crippen molar-refractivity contribution >= 4 is 5.69 Å². The molecule has 0 aromatic heterocycles. The number of benzene rings is 3. The molecule has 2 heteroatoms. The molecule has 0 aliphatic heterocycles. The summed E-state index contributed by atoms with van der Waals surface area (Å²) in [5, 5.41) is 9.37. The van der Waals surface area contributed by atoms with Gasteiger partial charge in [0.05, 0.1) is 11.3 Å². The van der Waals surface area contributed by atoms with Crippen LogP contribution in [-0.4, -0.2) is 0 Å². The molecule has 0 heterocycles. The van der Waals surface area contributed by atoms with Gasteiger partial charge in [0.15, 0.2) is 0 Å². The first-order valence-corrected chi connectivity index (χ1v) is 7.65. The van der Waals surface area contributed by atoms with E-state index in [9.17, 15) is 5.26 Å². The van der Waals surface area contributed by atoms with Crippen molar-refractivity contribution in [2.75, 3.05) is 5.73 Å². The zero-order chi connectivity index (χ0) is 16.1. The van der Waals surface area contributed by atoms with E-state index in [1.165, 1.54) is 11.1 Å². The Bertz CT molecular complexity index is 831. The molecule has 112 valence electrons. The number of nitrogen functional groups attached to an aromatic ring is 1. The van der Waals surface area contributed by atoms with Gasteiger partial charge < -0.3 is 5.73 Å². The number of hydrogen-bond donors (Lipinski definition) is 1. The molecule has 2 N–H and O–H groups in total. The van der Waals surface area contributed by atoms with E-state index in [4.69, 9.17) is 5.73 Å². The topological polar surface area (TPSA) is 49.8 Å². The first-order valence-electron chi connectivity index (χ1n) is 7.65. The maximum atomic E-state index is 9.37. The predicted octanol–water partition coefficient (Wildman–Crippen LogP) is 4.32. The van der Waals surface area contributed by atoms with Gasteiger partial charge in [0.2, 0.25) is 0 Å². The van der Waals surface area contributed by atoms with E-state index in [1.54, 1.807) is 0 Å². The van der Waals surface area contributed by atoms with Crippen LogP contribution in [0.4, 0.5) is 5.69 Å². The molecule has 0 spiro atoms. The van der Waals surface area contributed by atoms with Crippen LogP contribution in [0.25, 0.3) is 0 Å². The van der Waals surface area contributed by atoms with Gasteiger partial charge in [-0.2, -0.15) is 5.26 Å². The molecule has 0 amide bonds. The SMILES string of the molecule is N#Cc1cc(Cc2ccccc2)cc(Cc2ccccc2)c1N. The quantitative estimate of drug-likeness (QED) is 0.729. The van der Waals surface area contributed by atoms with Crippen LogP contribution in [0.5, 0.6) is 0 Å². The van der Waals surface area contributed by atoms with E-state index in [0.29, 0.717) is 11.3 Å². The molecule has 0 atom stereocenters. The Balaban J connectivity index is 1.95. The Hall–Kier alpha value is -3.05. The van der Waals surface area contributed by atoms with Gasteiger partial charge in [-0.3, -0.25) is 0 Å². The summed E-state index contributed by atoms with van der Waals surface area (Å²) in [5.41, 5.74) is 11.9. The highest BCUT2D eigenvalue weighted by atomic mass is 14.6. The van der Waals surface area contributed by atoms with E-state index in [1.807, 2.05) is 42.5 Å². The zero-order valence-electron chi connectivity index (χ0n) is 12.9. The third-order valence-electron chi connectivity index (χ3n) is 3.93. The minimum absolute atomic E-state index is 0.560. The molecule has 3 rings (SSSR count). The van der Waals surface area contributed by atoms with Crippen LogP contribution in [0.2, 0.25) is 0 Å². The Kier molecular flexibility index (Phi) is 4.40. The highest BCUT2D eigenvalue weighted by Crippen LogP contribution is 2.24. The fraction of sp³-hybridized carbons (Fsp3) is 0.0952. The van der Waals surface area contributed by atoms with Crippen LogP contribution in [0, 0.1) is 11.3 Å². The summed E-state index contributed by atoms with van der Waals surface area (Å²) in [7, 11) is 0. The van der Waals surface area contributed by atoms with Gasteiger partial charge in [-0.15, -0.1) is 0 Å². The standard InChI is InChI=1S/C21H18N2/c22-15-20-14-18(11-16-7-3-1-4-8-16)13-19(21(20)23)12-17-9-5-2-6-10-17/h1-10,13-14H,11-12,23H2. The monoisotopic (exact) mass is 298 g/mol. The van der Waals surface area contributed by atoms with E-state index in [2.05, 4.69) is 36.4 Å². The predicted molar refractivity (Wildman–Crippen MR) is 94.1 cm³/mol. The Morgan fingerprint density at radius 2 is 1.30 bits per heavy atom. The van der Waals surface area contributed by atoms with Gasteiger partial charge in [-0.05, 0) is 41.2 Å². The number of hydrogen-bond acceptors (Lipinski definition) is 2. The fourth-order valence-electron chi connectivity index (χ4n) is 2.77. The second-order valence-electron chi connectivity index (χ2n) is 5.65. The zero-order valence-corrected chi connectivity index (χ0v) is 12.9.